The normalized spacial score (nSPS) is 13.9. The number of nitriles is 1. The first-order valence-corrected chi connectivity index (χ1v) is 9.85. The minimum Gasteiger partial charge on any atom is -0.378 e. The highest BCUT2D eigenvalue weighted by molar-refractivity contribution is 5.68. The molecule has 0 spiro atoms. The zero-order valence-electron chi connectivity index (χ0n) is 16.3. The highest BCUT2D eigenvalue weighted by Crippen LogP contribution is 2.24. The third kappa shape index (κ3) is 3.56. The fourth-order valence-electron chi connectivity index (χ4n) is 3.63. The van der Waals surface area contributed by atoms with E-state index in [1.54, 1.807) is 12.3 Å². The minimum atomic E-state index is 0.510. The monoisotopic (exact) mass is 396 g/mol. The van der Waals surface area contributed by atoms with Gasteiger partial charge in [0.2, 0.25) is 5.95 Å². The van der Waals surface area contributed by atoms with Crippen LogP contribution in [0.2, 0.25) is 0 Å². The number of nitrogens with zero attached hydrogens (tertiary/aromatic N) is 5. The highest BCUT2D eigenvalue weighted by atomic mass is 16.5. The molecule has 0 bridgehead atoms. The van der Waals surface area contributed by atoms with E-state index in [-0.39, 0.29) is 0 Å². The Morgan fingerprint density at radius 2 is 1.83 bits per heavy atom. The molecule has 1 aliphatic heterocycles. The van der Waals surface area contributed by atoms with Crippen molar-refractivity contribution in [3.05, 3.63) is 72.4 Å². The van der Waals surface area contributed by atoms with Crippen molar-refractivity contribution in [2.24, 2.45) is 0 Å². The minimum absolute atomic E-state index is 0.510. The average molecular weight is 396 g/mol. The summed E-state index contributed by atoms with van der Waals surface area (Å²) in [5.74, 6) is 0.510. The lowest BCUT2D eigenvalue weighted by Crippen LogP contribution is -2.36. The topological polar surface area (TPSA) is 78.5 Å². The molecule has 1 fully saturated rings. The number of fused-ring (bicyclic) bond motifs is 1. The van der Waals surface area contributed by atoms with Crippen LogP contribution in [-0.4, -0.2) is 40.9 Å². The Bertz CT molecular complexity index is 1220. The van der Waals surface area contributed by atoms with Gasteiger partial charge in [-0.25, -0.2) is 9.50 Å². The lowest BCUT2D eigenvalue weighted by Gasteiger charge is -2.28. The molecule has 3 heterocycles. The van der Waals surface area contributed by atoms with E-state index in [2.05, 4.69) is 38.5 Å². The Hall–Kier alpha value is -3.89. The number of benzene rings is 2. The largest absolute Gasteiger partial charge is 0.378 e. The molecule has 0 unspecified atom stereocenters. The molecule has 7 heteroatoms. The van der Waals surface area contributed by atoms with E-state index in [0.717, 1.165) is 48.8 Å². The van der Waals surface area contributed by atoms with Crippen LogP contribution in [0.4, 0.5) is 17.3 Å². The first-order valence-electron chi connectivity index (χ1n) is 9.85. The van der Waals surface area contributed by atoms with E-state index in [1.807, 2.05) is 47.0 Å². The molecule has 148 valence electrons. The predicted molar refractivity (Wildman–Crippen MR) is 116 cm³/mol. The summed E-state index contributed by atoms with van der Waals surface area (Å²) in [4.78, 5) is 6.75. The van der Waals surface area contributed by atoms with Gasteiger partial charge in [0.1, 0.15) is 0 Å². The van der Waals surface area contributed by atoms with E-state index in [1.165, 1.54) is 5.69 Å². The Kier molecular flexibility index (Phi) is 4.75. The Morgan fingerprint density at radius 3 is 2.63 bits per heavy atom. The summed E-state index contributed by atoms with van der Waals surface area (Å²) in [5, 5.41) is 17.1. The summed E-state index contributed by atoms with van der Waals surface area (Å²) < 4.78 is 7.26. The van der Waals surface area contributed by atoms with Crippen molar-refractivity contribution in [1.29, 1.82) is 5.26 Å². The smallest absolute Gasteiger partial charge is 0.245 e. The van der Waals surface area contributed by atoms with Crippen molar-refractivity contribution < 1.29 is 4.74 Å². The molecule has 5 rings (SSSR count). The van der Waals surface area contributed by atoms with Gasteiger partial charge in [0.25, 0.3) is 0 Å². The van der Waals surface area contributed by atoms with Gasteiger partial charge in [-0.1, -0.05) is 12.1 Å². The molecule has 0 amide bonds. The van der Waals surface area contributed by atoms with Crippen LogP contribution in [0.3, 0.4) is 0 Å². The number of anilines is 3. The van der Waals surface area contributed by atoms with Crippen LogP contribution in [0.25, 0.3) is 16.8 Å². The van der Waals surface area contributed by atoms with Gasteiger partial charge < -0.3 is 15.0 Å². The SMILES string of the molecule is N#Cc1cccc(-c2ccc3cnc(Nc4ccc(N5CCOCC5)cc4)nn23)c1. The van der Waals surface area contributed by atoms with E-state index in [4.69, 9.17) is 4.74 Å². The quantitative estimate of drug-likeness (QED) is 0.565. The number of morpholine rings is 1. The third-order valence-electron chi connectivity index (χ3n) is 5.19. The van der Waals surface area contributed by atoms with Crippen molar-refractivity contribution in [2.45, 2.75) is 0 Å². The Labute approximate surface area is 174 Å². The van der Waals surface area contributed by atoms with Crippen LogP contribution in [-0.2, 0) is 4.74 Å². The average Bonchev–Trinajstić information content (AvgIpc) is 3.23. The maximum absolute atomic E-state index is 9.18. The second-order valence-electron chi connectivity index (χ2n) is 7.10. The number of rotatable bonds is 4. The second-order valence-corrected chi connectivity index (χ2v) is 7.10. The molecule has 0 atom stereocenters. The van der Waals surface area contributed by atoms with Crippen LogP contribution in [0.1, 0.15) is 5.56 Å². The molecule has 2 aromatic heterocycles. The lowest BCUT2D eigenvalue weighted by molar-refractivity contribution is 0.122. The molecule has 0 saturated carbocycles. The molecule has 1 N–H and O–H groups in total. The van der Waals surface area contributed by atoms with Gasteiger partial charge in [0, 0.05) is 30.0 Å². The van der Waals surface area contributed by atoms with Crippen molar-refractivity contribution in [3.63, 3.8) is 0 Å². The van der Waals surface area contributed by atoms with Gasteiger partial charge in [0.05, 0.1) is 42.3 Å². The lowest BCUT2D eigenvalue weighted by atomic mass is 10.1. The first kappa shape index (κ1) is 18.2. The number of hydrogen-bond donors (Lipinski definition) is 1. The summed E-state index contributed by atoms with van der Waals surface area (Å²) >= 11 is 0. The number of aromatic nitrogens is 3. The fourth-order valence-corrected chi connectivity index (χ4v) is 3.63. The number of ether oxygens (including phenoxy) is 1. The maximum Gasteiger partial charge on any atom is 0.245 e. The standard InChI is InChI=1S/C23H20N6O/c24-15-17-2-1-3-18(14-17)22-9-8-21-16-25-23(27-29(21)22)26-19-4-6-20(7-5-19)28-10-12-30-13-11-28/h1-9,14,16H,10-13H2,(H,26,27). The second kappa shape index (κ2) is 7.85. The van der Waals surface area contributed by atoms with Crippen LogP contribution < -0.4 is 10.2 Å². The summed E-state index contributed by atoms with van der Waals surface area (Å²) in [6, 6.07) is 21.9. The molecule has 0 radical (unpaired) electrons. The summed E-state index contributed by atoms with van der Waals surface area (Å²) in [7, 11) is 0. The first-order chi connectivity index (χ1) is 14.8. The molecule has 7 nitrogen and oxygen atoms in total. The highest BCUT2D eigenvalue weighted by Gasteiger charge is 2.12. The van der Waals surface area contributed by atoms with Crippen LogP contribution in [0.15, 0.2) is 66.9 Å². The van der Waals surface area contributed by atoms with Gasteiger partial charge >= 0.3 is 0 Å². The van der Waals surface area contributed by atoms with Gasteiger partial charge in [-0.2, -0.15) is 5.26 Å². The molecular weight excluding hydrogens is 376 g/mol. The van der Waals surface area contributed by atoms with E-state index < -0.39 is 0 Å². The predicted octanol–water partition coefficient (Wildman–Crippen LogP) is 3.85. The maximum atomic E-state index is 9.18. The summed E-state index contributed by atoms with van der Waals surface area (Å²) in [6.07, 6.45) is 1.79. The molecule has 1 aliphatic rings. The van der Waals surface area contributed by atoms with Crippen molar-refractivity contribution in [2.75, 3.05) is 36.5 Å². The molecule has 2 aromatic carbocycles. The zero-order chi connectivity index (χ0) is 20.3. The summed E-state index contributed by atoms with van der Waals surface area (Å²) in [6.45, 7) is 3.36. The van der Waals surface area contributed by atoms with Gasteiger partial charge in [-0.15, -0.1) is 5.10 Å². The van der Waals surface area contributed by atoms with Crippen LogP contribution in [0, 0.1) is 11.3 Å². The molecule has 0 aliphatic carbocycles. The van der Waals surface area contributed by atoms with E-state index in [9.17, 15) is 5.26 Å². The van der Waals surface area contributed by atoms with Crippen molar-refractivity contribution in [3.8, 4) is 17.3 Å². The van der Waals surface area contributed by atoms with Gasteiger partial charge in [-0.3, -0.25) is 0 Å². The number of hydrogen-bond acceptors (Lipinski definition) is 6. The summed E-state index contributed by atoms with van der Waals surface area (Å²) in [5.41, 5.74) is 5.47. The van der Waals surface area contributed by atoms with Crippen molar-refractivity contribution >= 4 is 22.8 Å². The van der Waals surface area contributed by atoms with Crippen LogP contribution >= 0.6 is 0 Å². The zero-order valence-corrected chi connectivity index (χ0v) is 16.3. The molecule has 4 aromatic rings. The van der Waals surface area contributed by atoms with E-state index >= 15 is 0 Å². The molecule has 1 saturated heterocycles. The van der Waals surface area contributed by atoms with Crippen molar-refractivity contribution in [1.82, 2.24) is 14.6 Å². The molecule has 30 heavy (non-hydrogen) atoms. The number of nitrogens with one attached hydrogen (secondary N) is 1. The Balaban J connectivity index is 1.40. The van der Waals surface area contributed by atoms with E-state index in [0.29, 0.717) is 11.5 Å². The van der Waals surface area contributed by atoms with Gasteiger partial charge in [-0.05, 0) is 48.5 Å². The Morgan fingerprint density at radius 1 is 1.00 bits per heavy atom. The fraction of sp³-hybridized carbons (Fsp3) is 0.174. The third-order valence-corrected chi connectivity index (χ3v) is 5.19. The van der Waals surface area contributed by atoms with Crippen LogP contribution in [0.5, 0.6) is 0 Å². The molecular formula is C23H20N6O. The van der Waals surface area contributed by atoms with Gasteiger partial charge in [0.15, 0.2) is 0 Å².